The van der Waals surface area contributed by atoms with Gasteiger partial charge in [-0.15, -0.1) is 0 Å². The Bertz CT molecular complexity index is 2240. The molecule has 8 rings (SSSR count). The predicted molar refractivity (Wildman–Crippen MR) is 227 cm³/mol. The van der Waals surface area contributed by atoms with Gasteiger partial charge in [0.15, 0.2) is 11.2 Å². The first kappa shape index (κ1) is 41.7. The summed E-state index contributed by atoms with van der Waals surface area (Å²) in [5.41, 5.74) is 8.44. The lowest BCUT2D eigenvalue weighted by Crippen LogP contribution is -2.71. The maximum Gasteiger partial charge on any atom is 0.339 e. The van der Waals surface area contributed by atoms with E-state index in [9.17, 15) is 29.4 Å². The molecule has 6 N–H and O–H groups in total. The van der Waals surface area contributed by atoms with E-state index in [1.54, 1.807) is 53.6 Å². The van der Waals surface area contributed by atoms with Crippen LogP contribution in [0.1, 0.15) is 57.6 Å². The van der Waals surface area contributed by atoms with Crippen LogP contribution < -0.4 is 26.7 Å². The molecule has 1 aromatic carbocycles. The van der Waals surface area contributed by atoms with E-state index in [0.717, 1.165) is 28.6 Å². The number of aldehydes is 1. The number of carbonyl (C=O) groups is 3. The van der Waals surface area contributed by atoms with E-state index in [-0.39, 0.29) is 67.0 Å². The Hall–Kier alpha value is -4.02. The van der Waals surface area contributed by atoms with Crippen molar-refractivity contribution in [2.24, 2.45) is 29.4 Å². The first-order valence-corrected chi connectivity index (χ1v) is 22.9. The van der Waals surface area contributed by atoms with E-state index < -0.39 is 28.7 Å². The lowest BCUT2D eigenvalue weighted by atomic mass is 9.61. The van der Waals surface area contributed by atoms with Gasteiger partial charge in [0.1, 0.15) is 17.6 Å². The lowest BCUT2D eigenvalue weighted by molar-refractivity contribution is -0.186. The Morgan fingerprint density at radius 2 is 2.07 bits per heavy atom. The number of esters is 1. The Labute approximate surface area is 351 Å². The molecule has 15 heteroatoms. The summed E-state index contributed by atoms with van der Waals surface area (Å²) in [5, 5.41) is 26.8. The summed E-state index contributed by atoms with van der Waals surface area (Å²) in [6, 6.07) is 5.51. The predicted octanol–water partition coefficient (Wildman–Crippen LogP) is 3.70. The number of rotatable bonds is 9. The summed E-state index contributed by atoms with van der Waals surface area (Å²) in [6.07, 6.45) is 8.96. The maximum atomic E-state index is 14.5. The van der Waals surface area contributed by atoms with Gasteiger partial charge in [-0.2, -0.15) is 0 Å². The van der Waals surface area contributed by atoms with E-state index in [2.05, 4.69) is 16.7 Å². The topological polar surface area (TPSA) is 194 Å². The van der Waals surface area contributed by atoms with Crippen LogP contribution in [-0.4, -0.2) is 101 Å². The summed E-state index contributed by atoms with van der Waals surface area (Å²) in [4.78, 5) is 55.9. The highest BCUT2D eigenvalue weighted by Gasteiger charge is 2.64. The Balaban J connectivity index is 1.26. The molecule has 2 aromatic rings. The van der Waals surface area contributed by atoms with Gasteiger partial charge in [-0.05, 0) is 87.9 Å². The molecule has 59 heavy (non-hydrogen) atoms. The highest BCUT2D eigenvalue weighted by molar-refractivity contribution is 8.77. The third kappa shape index (κ3) is 7.24. The van der Waals surface area contributed by atoms with Crippen LogP contribution in [0, 0.1) is 23.7 Å². The summed E-state index contributed by atoms with van der Waals surface area (Å²) < 4.78 is 19.8. The van der Waals surface area contributed by atoms with E-state index in [4.69, 9.17) is 19.6 Å². The van der Waals surface area contributed by atoms with E-state index in [0.29, 0.717) is 78.2 Å². The van der Waals surface area contributed by atoms with Crippen molar-refractivity contribution in [2.75, 3.05) is 39.1 Å². The highest BCUT2D eigenvalue weighted by atomic mass is 33.1. The number of aliphatic hydroxyl groups is 2. The number of nitrogens with one attached hydrogen (secondary N) is 2. The average molecular weight is 847 g/mol. The van der Waals surface area contributed by atoms with Crippen molar-refractivity contribution in [1.29, 1.82) is 0 Å². The molecule has 0 radical (unpaired) electrons. The fraction of sp³-hybridized carbons (Fsp3) is 0.545. The number of dihydropyridines is 1. The standard InChI is InChI=1S/C44H54N4O9S2/c1-5-23(2)41(53)57-43(3)8-6-25-22-58-59-35-13-30(21-51)39(46-4)32-19-48(40(32)35)37(52)14-29-18-47-36(45)15-31(29)38(25)44(43)17-28-12-26-11-27(10-24(20-50)7-9-49)42(54)55-33(26)16-34(28)56-44/h5-6,11-12,15-16,21,24,30,32,35,38-40,46-47,49-50H,7-10,13-14,17-20,22,45H2,1-4H3/b23-5+/t24-,30-,32-,35-,38-,39-,40-,43-,44-/m1/s1. The van der Waals surface area contributed by atoms with Crippen LogP contribution >= 0.6 is 21.6 Å². The zero-order valence-electron chi connectivity index (χ0n) is 34.0. The second-order valence-electron chi connectivity index (χ2n) is 17.1. The number of aliphatic hydroxyl groups excluding tert-OH is 2. The molecule has 2 fully saturated rings. The van der Waals surface area contributed by atoms with Gasteiger partial charge in [-0.3, -0.25) is 4.79 Å². The van der Waals surface area contributed by atoms with Gasteiger partial charge in [-0.25, -0.2) is 9.59 Å². The second-order valence-corrected chi connectivity index (χ2v) is 19.7. The molecule has 1 saturated heterocycles. The molecule has 1 aromatic heterocycles. The average Bonchev–Trinajstić information content (AvgIpc) is 3.57. The van der Waals surface area contributed by atoms with Gasteiger partial charge >= 0.3 is 11.6 Å². The summed E-state index contributed by atoms with van der Waals surface area (Å²) >= 11 is 0. The quantitative estimate of drug-likeness (QED) is 0.0613. The van der Waals surface area contributed by atoms with E-state index >= 15 is 0 Å². The third-order valence-corrected chi connectivity index (χ3v) is 16.6. The van der Waals surface area contributed by atoms with Crippen molar-refractivity contribution in [2.45, 2.75) is 87.8 Å². The fourth-order valence-corrected chi connectivity index (χ4v) is 13.5. The molecule has 5 heterocycles. The molecule has 316 valence electrons. The number of carbonyl (C=O) groups excluding carboxylic acids is 3. The Morgan fingerprint density at radius 1 is 1.25 bits per heavy atom. The molecule has 1 amide bonds. The second kappa shape index (κ2) is 16.4. The molecular formula is C44H54N4O9S2. The highest BCUT2D eigenvalue weighted by Crippen LogP contribution is 2.58. The first-order valence-electron chi connectivity index (χ1n) is 20.6. The van der Waals surface area contributed by atoms with Crippen molar-refractivity contribution >= 4 is 50.7 Å². The maximum absolute atomic E-state index is 14.5. The molecule has 1 spiro atoms. The molecule has 9 atom stereocenters. The number of hydrogen-bond acceptors (Lipinski definition) is 14. The molecule has 0 unspecified atom stereocenters. The molecule has 13 nitrogen and oxygen atoms in total. The minimum Gasteiger partial charge on any atom is -0.481 e. The van der Waals surface area contributed by atoms with Gasteiger partial charge in [0.25, 0.3) is 0 Å². The van der Waals surface area contributed by atoms with Gasteiger partial charge in [-0.1, -0.05) is 39.3 Å². The van der Waals surface area contributed by atoms with Gasteiger partial charge in [0, 0.05) is 90.6 Å². The van der Waals surface area contributed by atoms with Crippen LogP contribution in [0.25, 0.3) is 11.0 Å². The molecular weight excluding hydrogens is 793 g/mol. The van der Waals surface area contributed by atoms with Crippen molar-refractivity contribution in [3.05, 3.63) is 86.1 Å². The van der Waals surface area contributed by atoms with Crippen LogP contribution in [0.3, 0.4) is 0 Å². The molecule has 4 aliphatic heterocycles. The normalized spacial score (nSPS) is 32.1. The van der Waals surface area contributed by atoms with Gasteiger partial charge in [0.2, 0.25) is 5.91 Å². The SMILES string of the molecule is C/C=C(\C)C(=O)O[C@]1(C)CC=C2CSS[C@@H]3C[C@H](C=O)[C@@H](NC)[C@H]4CN(C(=O)CC5=C(C=C(N)NC5)[C@@H]2[C@]12Cc1cc5cc(C[C@H](CO)CCO)c(=O)oc5cc1O2)[C@H]43. The van der Waals surface area contributed by atoms with E-state index in [1.165, 1.54) is 0 Å². The minimum atomic E-state index is -1.22. The number of hydrogen-bond donors (Lipinski definition) is 5. The lowest BCUT2D eigenvalue weighted by Gasteiger charge is -2.58. The monoisotopic (exact) mass is 846 g/mol. The number of allylic oxidation sites excluding steroid dienone is 2. The summed E-state index contributed by atoms with van der Waals surface area (Å²) in [5.74, 6) is 0.348. The number of fused-ring (bicyclic) bond motifs is 5. The number of nitrogens with two attached hydrogens (primary N) is 1. The fourth-order valence-electron chi connectivity index (χ4n) is 10.4. The van der Waals surface area contributed by atoms with Crippen LogP contribution in [-0.2, 0) is 32.0 Å². The Kier molecular flexibility index (Phi) is 11.6. The van der Waals surface area contributed by atoms with Crippen LogP contribution in [0.2, 0.25) is 0 Å². The Morgan fingerprint density at radius 3 is 2.80 bits per heavy atom. The number of amides is 1. The van der Waals surface area contributed by atoms with Crippen LogP contribution in [0.5, 0.6) is 5.75 Å². The first-order chi connectivity index (χ1) is 28.4. The molecule has 0 bridgehead atoms. The van der Waals surface area contributed by atoms with Gasteiger partial charge in [0.05, 0.1) is 24.2 Å². The van der Waals surface area contributed by atoms with Crippen molar-refractivity contribution in [3.63, 3.8) is 0 Å². The number of benzene rings is 1. The van der Waals surface area contributed by atoms with Crippen molar-refractivity contribution in [1.82, 2.24) is 15.5 Å². The third-order valence-electron chi connectivity index (χ3n) is 13.8. The number of nitrogens with zero attached hydrogens (tertiary/aromatic N) is 1. The summed E-state index contributed by atoms with van der Waals surface area (Å²) in [6.45, 7) is 6.09. The minimum absolute atomic E-state index is 0.0147. The van der Waals surface area contributed by atoms with Crippen LogP contribution in [0.4, 0.5) is 0 Å². The van der Waals surface area contributed by atoms with Gasteiger partial charge < -0.3 is 50.2 Å². The van der Waals surface area contributed by atoms with Crippen LogP contribution in [0.15, 0.2) is 73.8 Å². The molecule has 6 aliphatic rings. The number of ether oxygens (including phenoxy) is 2. The molecule has 1 saturated carbocycles. The van der Waals surface area contributed by atoms with Crippen molar-refractivity contribution < 1.29 is 38.5 Å². The largest absolute Gasteiger partial charge is 0.481 e. The smallest absolute Gasteiger partial charge is 0.339 e. The van der Waals surface area contributed by atoms with Crippen molar-refractivity contribution in [3.8, 4) is 5.75 Å². The molecule has 2 aliphatic carbocycles. The summed E-state index contributed by atoms with van der Waals surface area (Å²) in [7, 11) is 5.36. The van der Waals surface area contributed by atoms with E-state index in [1.807, 2.05) is 31.0 Å². The zero-order valence-corrected chi connectivity index (χ0v) is 35.6. The zero-order chi connectivity index (χ0) is 41.8.